The lowest BCUT2D eigenvalue weighted by molar-refractivity contribution is 0.0582. The van der Waals surface area contributed by atoms with E-state index in [0.717, 1.165) is 81.4 Å². The zero-order valence-electron chi connectivity index (χ0n) is 20.4. The van der Waals surface area contributed by atoms with E-state index in [0.29, 0.717) is 18.3 Å². The molecule has 0 bridgehead atoms. The molecule has 0 aromatic carbocycles. The molecule has 2 aromatic heterocycles. The summed E-state index contributed by atoms with van der Waals surface area (Å²) in [6, 6.07) is 7.33. The van der Waals surface area contributed by atoms with Gasteiger partial charge in [-0.15, -0.1) is 10.2 Å². The minimum absolute atomic E-state index is 0.154. The number of fused-ring (bicyclic) bond motifs is 2. The van der Waals surface area contributed by atoms with E-state index >= 15 is 0 Å². The third-order valence-electron chi connectivity index (χ3n) is 8.74. The number of rotatable bonds is 4. The fraction of sp³-hybridized carbons (Fsp3) is 0.519. The van der Waals surface area contributed by atoms with E-state index in [2.05, 4.69) is 36.6 Å². The lowest BCUT2D eigenvalue weighted by atomic mass is 9.57. The summed E-state index contributed by atoms with van der Waals surface area (Å²) < 4.78 is 16.0. The number of hydrogen-bond donors (Lipinski definition) is 0. The first-order chi connectivity index (χ1) is 17.9. The number of anilines is 1. The molecule has 37 heavy (non-hydrogen) atoms. The first-order valence-corrected chi connectivity index (χ1v) is 13.3. The van der Waals surface area contributed by atoms with Crippen LogP contribution in [0.3, 0.4) is 0 Å². The van der Waals surface area contributed by atoms with E-state index in [-0.39, 0.29) is 16.5 Å². The predicted octanol–water partition coefficient (Wildman–Crippen LogP) is 4.31. The van der Waals surface area contributed by atoms with Crippen LogP contribution < -0.4 is 4.90 Å². The van der Waals surface area contributed by atoms with Gasteiger partial charge >= 0.3 is 0 Å². The second-order valence-corrected chi connectivity index (χ2v) is 12.0. The van der Waals surface area contributed by atoms with E-state index in [1.165, 1.54) is 17.3 Å². The fourth-order valence-electron chi connectivity index (χ4n) is 6.66. The highest BCUT2D eigenvalue weighted by atomic mass is 35.5. The molecule has 8 nitrogen and oxygen atoms in total. The van der Waals surface area contributed by atoms with Crippen molar-refractivity contribution in [3.63, 3.8) is 0 Å². The Bertz CT molecular complexity index is 1440. The Balaban J connectivity index is 1.11. The standard InChI is InChI=1S/C27H26ClFN8/c28-19-1-3-22-17(7-19)11-35(14-26(13-31)5-6-26)12-24-33-34-25(37(22)24)18-8-27(9-18)15-36(16-27)23-4-2-20(29)21(10-30)32-23/h2,4,7,18H,1,3,5-6,8-9,11-12,14-16H2. The minimum Gasteiger partial charge on any atom is -0.355 e. The Labute approximate surface area is 219 Å². The lowest BCUT2D eigenvalue weighted by Gasteiger charge is -2.59. The molecule has 2 saturated carbocycles. The van der Waals surface area contributed by atoms with Crippen LogP contribution in [0.2, 0.25) is 0 Å². The molecule has 3 aliphatic carbocycles. The Kier molecular flexibility index (Phi) is 5.02. The number of allylic oxidation sites excluding steroid dienone is 2. The molecule has 2 aromatic rings. The van der Waals surface area contributed by atoms with Crippen molar-refractivity contribution in [1.29, 1.82) is 10.5 Å². The summed E-state index contributed by atoms with van der Waals surface area (Å²) >= 11 is 6.47. The first kappa shape index (κ1) is 22.9. The maximum Gasteiger partial charge on any atom is 0.178 e. The van der Waals surface area contributed by atoms with Crippen molar-refractivity contribution in [3.8, 4) is 12.1 Å². The Morgan fingerprint density at radius 1 is 1.11 bits per heavy atom. The third-order valence-corrected chi connectivity index (χ3v) is 9.04. The highest BCUT2D eigenvalue weighted by molar-refractivity contribution is 6.30. The van der Waals surface area contributed by atoms with Gasteiger partial charge in [0.1, 0.15) is 17.7 Å². The molecule has 0 radical (unpaired) electrons. The van der Waals surface area contributed by atoms with Crippen molar-refractivity contribution < 1.29 is 4.39 Å². The van der Waals surface area contributed by atoms with Crippen LogP contribution in [0, 0.1) is 39.3 Å². The quantitative estimate of drug-likeness (QED) is 0.597. The van der Waals surface area contributed by atoms with Crippen LogP contribution in [0.5, 0.6) is 0 Å². The van der Waals surface area contributed by atoms with E-state index in [4.69, 9.17) is 22.0 Å². The van der Waals surface area contributed by atoms with Crippen molar-refractivity contribution in [3.05, 3.63) is 52.0 Å². The van der Waals surface area contributed by atoms with Crippen LogP contribution in [-0.4, -0.2) is 50.8 Å². The lowest BCUT2D eigenvalue weighted by Crippen LogP contribution is -2.62. The van der Waals surface area contributed by atoms with E-state index < -0.39 is 5.82 Å². The summed E-state index contributed by atoms with van der Waals surface area (Å²) in [5.74, 6) is 2.40. The van der Waals surface area contributed by atoms with Gasteiger partial charge in [-0.3, -0.25) is 9.47 Å². The van der Waals surface area contributed by atoms with Crippen LogP contribution in [0.1, 0.15) is 61.8 Å². The summed E-state index contributed by atoms with van der Waals surface area (Å²) in [7, 11) is 0. The summed E-state index contributed by atoms with van der Waals surface area (Å²) in [6.45, 7) is 3.91. The molecular weight excluding hydrogens is 491 g/mol. The van der Waals surface area contributed by atoms with Crippen LogP contribution in [0.25, 0.3) is 5.70 Å². The first-order valence-electron chi connectivity index (χ1n) is 12.9. The van der Waals surface area contributed by atoms with Crippen LogP contribution in [-0.2, 0) is 6.54 Å². The van der Waals surface area contributed by atoms with Gasteiger partial charge in [0, 0.05) is 48.2 Å². The van der Waals surface area contributed by atoms with Gasteiger partial charge in [0.25, 0.3) is 0 Å². The molecule has 188 valence electrons. The molecule has 1 saturated heterocycles. The molecule has 4 heterocycles. The van der Waals surface area contributed by atoms with Crippen molar-refractivity contribution in [2.45, 2.75) is 51.0 Å². The zero-order valence-corrected chi connectivity index (χ0v) is 21.2. The summed E-state index contributed by atoms with van der Waals surface area (Å²) in [4.78, 5) is 8.64. The topological polar surface area (TPSA) is 97.7 Å². The molecular formula is C27H26ClFN8. The largest absolute Gasteiger partial charge is 0.355 e. The summed E-state index contributed by atoms with van der Waals surface area (Å²) in [5, 5.41) is 29.0. The summed E-state index contributed by atoms with van der Waals surface area (Å²) in [5.41, 5.74) is 2.29. The second-order valence-electron chi connectivity index (χ2n) is 11.5. The van der Waals surface area contributed by atoms with Crippen molar-refractivity contribution in [2.24, 2.45) is 10.8 Å². The number of pyridine rings is 1. The maximum absolute atomic E-state index is 13.7. The Morgan fingerprint density at radius 3 is 2.65 bits per heavy atom. The monoisotopic (exact) mass is 516 g/mol. The molecule has 0 N–H and O–H groups in total. The molecule has 3 fully saturated rings. The van der Waals surface area contributed by atoms with Gasteiger partial charge < -0.3 is 4.90 Å². The van der Waals surface area contributed by atoms with Crippen molar-refractivity contribution >= 4 is 23.1 Å². The van der Waals surface area contributed by atoms with E-state index in [1.54, 1.807) is 6.07 Å². The number of halogens is 2. The van der Waals surface area contributed by atoms with Crippen molar-refractivity contribution in [2.75, 3.05) is 31.1 Å². The van der Waals surface area contributed by atoms with Gasteiger partial charge in [0.2, 0.25) is 0 Å². The zero-order chi connectivity index (χ0) is 25.4. The average Bonchev–Trinajstić information content (AvgIpc) is 3.53. The number of nitriles is 2. The average molecular weight is 517 g/mol. The van der Waals surface area contributed by atoms with E-state index in [1.807, 2.05) is 6.07 Å². The van der Waals surface area contributed by atoms with Crippen LogP contribution in [0.15, 0.2) is 28.8 Å². The van der Waals surface area contributed by atoms with Gasteiger partial charge in [-0.2, -0.15) is 10.5 Å². The predicted molar refractivity (Wildman–Crippen MR) is 134 cm³/mol. The molecule has 5 aliphatic rings. The molecule has 10 heteroatoms. The van der Waals surface area contributed by atoms with E-state index in [9.17, 15) is 9.65 Å². The molecule has 0 amide bonds. The second kappa shape index (κ2) is 8.11. The van der Waals surface area contributed by atoms with Gasteiger partial charge in [-0.1, -0.05) is 11.6 Å². The van der Waals surface area contributed by atoms with Gasteiger partial charge in [-0.25, -0.2) is 9.37 Å². The maximum atomic E-state index is 13.7. The van der Waals surface area contributed by atoms with Gasteiger partial charge in [0.15, 0.2) is 17.3 Å². The summed E-state index contributed by atoms with van der Waals surface area (Å²) in [6.07, 6.45) is 7.76. The molecule has 2 aliphatic heterocycles. The molecule has 0 atom stereocenters. The Morgan fingerprint density at radius 2 is 1.92 bits per heavy atom. The minimum atomic E-state index is -0.580. The Hall–Kier alpha value is -3.27. The molecule has 7 rings (SSSR count). The number of hydrogen-bond acceptors (Lipinski definition) is 7. The fourth-order valence-corrected chi connectivity index (χ4v) is 6.88. The van der Waals surface area contributed by atoms with Gasteiger partial charge in [-0.05, 0) is 62.3 Å². The normalized spacial score (nSPS) is 23.7. The molecule has 0 unspecified atom stereocenters. The van der Waals surface area contributed by atoms with Crippen molar-refractivity contribution in [1.82, 2.24) is 24.6 Å². The molecule has 1 spiro atoms. The third kappa shape index (κ3) is 3.75. The number of aromatic nitrogens is 4. The SMILES string of the molecule is N#Cc1nc(N2CC3(CC(c4nnc5n4C4=C(C=C(Cl)CC4)CN(CC4(C#N)CC4)C5)C3)C2)ccc1F. The van der Waals surface area contributed by atoms with Crippen LogP contribution in [0.4, 0.5) is 10.2 Å². The smallest absolute Gasteiger partial charge is 0.178 e. The number of nitrogens with zero attached hydrogens (tertiary/aromatic N) is 8. The van der Waals surface area contributed by atoms with Gasteiger partial charge in [0.05, 0.1) is 18.0 Å². The van der Waals surface area contributed by atoms with Crippen LogP contribution >= 0.6 is 11.6 Å². The highest BCUT2D eigenvalue weighted by Crippen LogP contribution is 2.57. The highest BCUT2D eigenvalue weighted by Gasteiger charge is 2.54.